The summed E-state index contributed by atoms with van der Waals surface area (Å²) >= 11 is 0. The molecule has 0 unspecified atom stereocenters. The summed E-state index contributed by atoms with van der Waals surface area (Å²) in [6, 6.07) is 1.70. The largest absolute Gasteiger partial charge is 0.325 e. The van der Waals surface area contributed by atoms with Crippen molar-refractivity contribution in [1.29, 1.82) is 0 Å². The average Bonchev–Trinajstić information content (AvgIpc) is 1.96. The summed E-state index contributed by atoms with van der Waals surface area (Å²) in [7, 11) is 0. The molecule has 60 valence electrons. The number of nitrogens with two attached hydrogens (primary N) is 1. The zero-order valence-corrected chi connectivity index (χ0v) is 6.69. The van der Waals surface area contributed by atoms with Crippen molar-refractivity contribution in [3.05, 3.63) is 28.8 Å². The molecule has 1 heterocycles. The Labute approximate surface area is 65.3 Å². The van der Waals surface area contributed by atoms with Crippen molar-refractivity contribution in [2.45, 2.75) is 20.4 Å². The highest BCUT2D eigenvalue weighted by Gasteiger charge is 2.05. The molecule has 0 fully saturated rings. The first-order valence-corrected chi connectivity index (χ1v) is 3.48. The van der Waals surface area contributed by atoms with Gasteiger partial charge in [-0.05, 0) is 25.5 Å². The molecule has 0 amide bonds. The highest BCUT2D eigenvalue weighted by atomic mass is 19.1. The van der Waals surface area contributed by atoms with Crippen molar-refractivity contribution in [3.63, 3.8) is 0 Å². The predicted molar refractivity (Wildman–Crippen MR) is 41.6 cm³/mol. The lowest BCUT2D eigenvalue weighted by molar-refractivity contribution is 0.589. The Bertz CT molecular complexity index is 271. The van der Waals surface area contributed by atoms with Crippen LogP contribution in [-0.2, 0) is 6.54 Å². The van der Waals surface area contributed by atoms with Crippen LogP contribution < -0.4 is 5.73 Å². The highest BCUT2D eigenvalue weighted by molar-refractivity contribution is 5.21. The number of hydrogen-bond acceptors (Lipinski definition) is 2. The maximum absolute atomic E-state index is 13.0. The Hall–Kier alpha value is -0.960. The van der Waals surface area contributed by atoms with E-state index in [9.17, 15) is 4.39 Å². The highest BCUT2D eigenvalue weighted by Crippen LogP contribution is 2.10. The van der Waals surface area contributed by atoms with Gasteiger partial charge in [0.1, 0.15) is 5.82 Å². The molecule has 0 bridgehead atoms. The van der Waals surface area contributed by atoms with E-state index in [-0.39, 0.29) is 12.4 Å². The van der Waals surface area contributed by atoms with Gasteiger partial charge in [-0.2, -0.15) is 0 Å². The molecule has 0 aromatic carbocycles. The fourth-order valence-corrected chi connectivity index (χ4v) is 1.03. The summed E-state index contributed by atoms with van der Waals surface area (Å²) in [5, 5.41) is 0. The number of hydrogen-bond donors (Lipinski definition) is 1. The van der Waals surface area contributed by atoms with Gasteiger partial charge in [0.15, 0.2) is 0 Å². The van der Waals surface area contributed by atoms with E-state index in [1.807, 2.05) is 6.92 Å². The molecule has 1 aromatic heterocycles. The van der Waals surface area contributed by atoms with E-state index < -0.39 is 0 Å². The van der Waals surface area contributed by atoms with Crippen LogP contribution in [0, 0.1) is 19.7 Å². The van der Waals surface area contributed by atoms with Gasteiger partial charge in [-0.15, -0.1) is 0 Å². The van der Waals surface area contributed by atoms with Gasteiger partial charge in [-0.25, -0.2) is 4.39 Å². The summed E-state index contributed by atoms with van der Waals surface area (Å²) < 4.78 is 13.0. The van der Waals surface area contributed by atoms with Crippen LogP contribution in [0.3, 0.4) is 0 Å². The third kappa shape index (κ3) is 1.54. The second-order valence-electron chi connectivity index (χ2n) is 2.55. The van der Waals surface area contributed by atoms with Gasteiger partial charge >= 0.3 is 0 Å². The first-order valence-electron chi connectivity index (χ1n) is 3.48. The normalized spacial score (nSPS) is 10.2. The second kappa shape index (κ2) is 2.96. The quantitative estimate of drug-likeness (QED) is 0.662. The number of halogens is 1. The zero-order chi connectivity index (χ0) is 8.43. The fourth-order valence-electron chi connectivity index (χ4n) is 1.03. The van der Waals surface area contributed by atoms with Gasteiger partial charge in [0.2, 0.25) is 0 Å². The van der Waals surface area contributed by atoms with E-state index in [0.717, 1.165) is 5.69 Å². The number of nitrogens with zero attached hydrogens (tertiary/aromatic N) is 1. The molecule has 0 aliphatic rings. The third-order valence-electron chi connectivity index (χ3n) is 1.53. The van der Waals surface area contributed by atoms with E-state index in [4.69, 9.17) is 5.73 Å². The predicted octanol–water partition coefficient (Wildman–Crippen LogP) is 1.30. The lowest BCUT2D eigenvalue weighted by Gasteiger charge is -2.03. The molecule has 0 atom stereocenters. The van der Waals surface area contributed by atoms with Crippen molar-refractivity contribution in [3.8, 4) is 0 Å². The van der Waals surface area contributed by atoms with Crippen LogP contribution in [-0.4, -0.2) is 4.98 Å². The van der Waals surface area contributed by atoms with Crippen molar-refractivity contribution < 1.29 is 4.39 Å². The first kappa shape index (κ1) is 8.14. The smallest absolute Gasteiger partial charge is 0.148 e. The van der Waals surface area contributed by atoms with Crippen LogP contribution in [0.5, 0.6) is 0 Å². The van der Waals surface area contributed by atoms with Crippen LogP contribution in [0.2, 0.25) is 0 Å². The van der Waals surface area contributed by atoms with Crippen LogP contribution in [0.15, 0.2) is 6.07 Å². The van der Waals surface area contributed by atoms with E-state index in [0.29, 0.717) is 11.3 Å². The Morgan fingerprint density at radius 2 is 2.18 bits per heavy atom. The molecule has 2 N–H and O–H groups in total. The summed E-state index contributed by atoms with van der Waals surface area (Å²) in [4.78, 5) is 3.95. The lowest BCUT2D eigenvalue weighted by atomic mass is 10.2. The lowest BCUT2D eigenvalue weighted by Crippen LogP contribution is -2.05. The van der Waals surface area contributed by atoms with Crippen molar-refractivity contribution >= 4 is 0 Å². The molecule has 0 aliphatic heterocycles. The second-order valence-corrected chi connectivity index (χ2v) is 2.55. The van der Waals surface area contributed by atoms with Crippen LogP contribution >= 0.6 is 0 Å². The molecule has 0 radical (unpaired) electrons. The number of rotatable bonds is 1. The van der Waals surface area contributed by atoms with Gasteiger partial charge in [0, 0.05) is 12.2 Å². The van der Waals surface area contributed by atoms with E-state index in [1.165, 1.54) is 0 Å². The van der Waals surface area contributed by atoms with Gasteiger partial charge < -0.3 is 5.73 Å². The van der Waals surface area contributed by atoms with Crippen LogP contribution in [0.1, 0.15) is 17.0 Å². The molecular formula is C8H11FN2. The SMILES string of the molecule is Cc1cc(C)c(F)c(CN)n1. The van der Waals surface area contributed by atoms with Crippen molar-refractivity contribution in [2.75, 3.05) is 0 Å². The van der Waals surface area contributed by atoms with Crippen LogP contribution in [0.4, 0.5) is 4.39 Å². The Kier molecular flexibility index (Phi) is 2.19. The third-order valence-corrected chi connectivity index (χ3v) is 1.53. The molecule has 11 heavy (non-hydrogen) atoms. The first-order chi connectivity index (χ1) is 5.15. The van der Waals surface area contributed by atoms with Crippen LogP contribution in [0.25, 0.3) is 0 Å². The minimum absolute atomic E-state index is 0.161. The molecule has 0 saturated heterocycles. The maximum Gasteiger partial charge on any atom is 0.148 e. The Morgan fingerprint density at radius 3 is 2.73 bits per heavy atom. The molecule has 0 spiro atoms. The molecule has 2 nitrogen and oxygen atoms in total. The van der Waals surface area contributed by atoms with Gasteiger partial charge in [0.05, 0.1) is 5.69 Å². The molecule has 3 heteroatoms. The standard InChI is InChI=1S/C8H11FN2/c1-5-3-6(2)11-7(4-10)8(5)9/h3H,4,10H2,1-2H3. The summed E-state index contributed by atoms with van der Waals surface area (Å²) in [6.07, 6.45) is 0. The van der Waals surface area contributed by atoms with Gasteiger partial charge in [-0.1, -0.05) is 0 Å². The number of pyridine rings is 1. The number of aromatic nitrogens is 1. The van der Waals surface area contributed by atoms with Crippen molar-refractivity contribution in [2.24, 2.45) is 5.73 Å². The van der Waals surface area contributed by atoms with E-state index in [2.05, 4.69) is 4.98 Å². The molecular weight excluding hydrogens is 143 g/mol. The van der Waals surface area contributed by atoms with Gasteiger partial charge in [-0.3, -0.25) is 4.98 Å². The number of aryl methyl sites for hydroxylation is 2. The van der Waals surface area contributed by atoms with E-state index >= 15 is 0 Å². The summed E-state index contributed by atoms with van der Waals surface area (Å²) in [5.41, 5.74) is 7.05. The minimum Gasteiger partial charge on any atom is -0.325 e. The van der Waals surface area contributed by atoms with Crippen molar-refractivity contribution in [1.82, 2.24) is 4.98 Å². The Balaban J connectivity index is 3.24. The zero-order valence-electron chi connectivity index (χ0n) is 6.69. The summed E-state index contributed by atoms with van der Waals surface area (Å²) in [6.45, 7) is 3.70. The minimum atomic E-state index is -0.280. The maximum atomic E-state index is 13.0. The monoisotopic (exact) mass is 154 g/mol. The fraction of sp³-hybridized carbons (Fsp3) is 0.375. The Morgan fingerprint density at radius 1 is 1.55 bits per heavy atom. The van der Waals surface area contributed by atoms with Gasteiger partial charge in [0.25, 0.3) is 0 Å². The average molecular weight is 154 g/mol. The molecule has 0 aliphatic carbocycles. The summed E-state index contributed by atoms with van der Waals surface area (Å²) in [5.74, 6) is -0.280. The van der Waals surface area contributed by atoms with E-state index in [1.54, 1.807) is 13.0 Å². The topological polar surface area (TPSA) is 38.9 Å². The molecule has 1 rings (SSSR count). The molecule has 0 saturated carbocycles. The molecule has 1 aromatic rings.